The van der Waals surface area contributed by atoms with Crippen LogP contribution in [0.5, 0.6) is 0 Å². The van der Waals surface area contributed by atoms with Gasteiger partial charge in [0.1, 0.15) is 13.3 Å². The largest absolute Gasteiger partial charge is 0.473 e. The Hall–Kier alpha value is -4.30. The molecule has 3 N–H and O–H groups in total. The summed E-state index contributed by atoms with van der Waals surface area (Å²) in [6.07, 6.45) is -5.52. The maximum atomic E-state index is 13.7. The highest BCUT2D eigenvalue weighted by Crippen LogP contribution is 2.37. The molecule has 19 nitrogen and oxygen atoms in total. The summed E-state index contributed by atoms with van der Waals surface area (Å²) >= 11 is 0. The van der Waals surface area contributed by atoms with Crippen molar-refractivity contribution in [2.24, 2.45) is 0 Å². The van der Waals surface area contributed by atoms with Crippen molar-refractivity contribution in [1.82, 2.24) is 4.98 Å². The van der Waals surface area contributed by atoms with Crippen LogP contribution in [0.25, 0.3) is 22.0 Å². The second-order valence-electron chi connectivity index (χ2n) is 14.3. The maximum absolute atomic E-state index is 13.7. The number of aromatic nitrogens is 1. The molecule has 22 heteroatoms. The number of H-pyrrole nitrogens is 1. The number of carboxylic acid groups (broad SMARTS) is 1. The summed E-state index contributed by atoms with van der Waals surface area (Å²) in [6.45, 7) is 7.37. The van der Waals surface area contributed by atoms with E-state index in [1.807, 2.05) is 4.90 Å². The van der Waals surface area contributed by atoms with Gasteiger partial charge in [-0.2, -0.15) is 13.2 Å². The van der Waals surface area contributed by atoms with Gasteiger partial charge in [-0.3, -0.25) is 4.79 Å². The van der Waals surface area contributed by atoms with Crippen LogP contribution < -0.4 is 10.5 Å². The van der Waals surface area contributed by atoms with Gasteiger partial charge >= 0.3 is 18.1 Å². The van der Waals surface area contributed by atoms with E-state index in [4.69, 9.17) is 67.1 Å². The summed E-state index contributed by atoms with van der Waals surface area (Å²) in [7, 11) is 0. The molecule has 1 aliphatic rings. The van der Waals surface area contributed by atoms with Crippen LogP contribution in [0.15, 0.2) is 53.3 Å². The van der Waals surface area contributed by atoms with Crippen LogP contribution in [-0.4, -0.2) is 191 Å². The first-order valence-electron chi connectivity index (χ1n) is 21.6. The normalized spacial score (nSPS) is 14.6. The lowest BCUT2D eigenvalue weighted by Gasteiger charge is -2.21. The highest BCUT2D eigenvalue weighted by molar-refractivity contribution is 6.28. The molecule has 0 aliphatic carbocycles. The Morgan fingerprint density at radius 2 is 1.21 bits per heavy atom. The van der Waals surface area contributed by atoms with E-state index >= 15 is 0 Å². The summed E-state index contributed by atoms with van der Waals surface area (Å²) in [5.41, 5.74) is -0.871. The Labute approximate surface area is 380 Å². The number of esters is 1. The van der Waals surface area contributed by atoms with Crippen molar-refractivity contribution in [3.05, 3.63) is 64.4 Å². The van der Waals surface area contributed by atoms with Crippen molar-refractivity contribution in [2.75, 3.05) is 157 Å². The third kappa shape index (κ3) is 21.1. The number of rotatable bonds is 36. The highest BCUT2D eigenvalue weighted by atomic mass is 19.4. The predicted octanol–water partition coefficient (Wildman–Crippen LogP) is 2.92. The third-order valence-corrected chi connectivity index (χ3v) is 9.50. The first-order valence-corrected chi connectivity index (χ1v) is 21.6. The van der Waals surface area contributed by atoms with E-state index in [0.717, 1.165) is 6.07 Å². The summed E-state index contributed by atoms with van der Waals surface area (Å²) in [4.78, 5) is 40.2. The lowest BCUT2D eigenvalue weighted by molar-refractivity contribution is -0.167. The molecule has 0 bridgehead atoms. The molecule has 4 rings (SSSR count). The summed E-state index contributed by atoms with van der Waals surface area (Å²) < 4.78 is 106. The second kappa shape index (κ2) is 31.6. The standard InChI is InChI=1S/C44H61F3N2O17/c45-44(46,47)39-4-2-1-3-37(39)40-27-33-5-6-34(28-38(33)41(51)48-40)49-30-35(66-32-49)29-36(31-65-43(54)42(52)53)64-26-25-63-24-23-62-22-21-61-20-19-60-18-17-59-16-15-58-14-13-57-12-11-56-10-9-55-8-7-50/h1-6,27-28,35-36,50H,7-26,29-32H2,(H,48,51)(H,52,53)/t35-,36?/m0/s1. The first-order chi connectivity index (χ1) is 32.1. The zero-order valence-electron chi connectivity index (χ0n) is 36.8. The molecule has 2 heterocycles. The zero-order chi connectivity index (χ0) is 47.2. The molecular formula is C44H61F3N2O17. The molecule has 1 aromatic heterocycles. The molecule has 1 aliphatic heterocycles. The van der Waals surface area contributed by atoms with E-state index in [1.54, 1.807) is 18.2 Å². The van der Waals surface area contributed by atoms with Gasteiger partial charge in [-0.15, -0.1) is 0 Å². The second-order valence-corrected chi connectivity index (χ2v) is 14.3. The predicted molar refractivity (Wildman–Crippen MR) is 230 cm³/mol. The number of aliphatic hydroxyl groups is 1. The number of carbonyl (C=O) groups is 2. The summed E-state index contributed by atoms with van der Waals surface area (Å²) in [6, 6.07) is 11.5. The van der Waals surface area contributed by atoms with Gasteiger partial charge in [0.15, 0.2) is 0 Å². The topological polar surface area (TPSA) is 221 Å². The molecule has 0 saturated carbocycles. The number of benzene rings is 2. The van der Waals surface area contributed by atoms with E-state index in [0.29, 0.717) is 123 Å². The van der Waals surface area contributed by atoms with E-state index < -0.39 is 41.4 Å². The van der Waals surface area contributed by atoms with Crippen LogP contribution in [0.4, 0.5) is 18.9 Å². The SMILES string of the molecule is O=C(O)C(=O)OCC(C[C@H]1CN(c2ccc3cc(-c4ccccc4C(F)(F)F)[nH]c(=O)c3c2)CO1)OCCOCCOCCOCCOCCOCCOCCOCCOCCOCCO. The Balaban J connectivity index is 1.02. The maximum Gasteiger partial charge on any atom is 0.417 e. The number of hydrogen-bond acceptors (Lipinski definition) is 17. The van der Waals surface area contributed by atoms with Crippen molar-refractivity contribution in [2.45, 2.75) is 24.8 Å². The first kappa shape index (κ1) is 54.3. The van der Waals surface area contributed by atoms with Crippen LogP contribution in [-0.2, 0) is 72.6 Å². The fourth-order valence-electron chi connectivity index (χ4n) is 6.33. The van der Waals surface area contributed by atoms with Gasteiger partial charge in [0.2, 0.25) is 0 Å². The Morgan fingerprint density at radius 1 is 0.712 bits per heavy atom. The van der Waals surface area contributed by atoms with Crippen LogP contribution in [0.3, 0.4) is 0 Å². The molecule has 1 saturated heterocycles. The van der Waals surface area contributed by atoms with E-state index in [2.05, 4.69) is 4.98 Å². The third-order valence-electron chi connectivity index (χ3n) is 9.50. The highest BCUT2D eigenvalue weighted by Gasteiger charge is 2.34. The number of nitrogens with zero attached hydrogens (tertiary/aromatic N) is 1. The number of halogens is 3. The molecule has 370 valence electrons. The van der Waals surface area contributed by atoms with E-state index in [9.17, 15) is 27.6 Å². The van der Waals surface area contributed by atoms with Crippen LogP contribution in [0.1, 0.15) is 12.0 Å². The fourth-order valence-corrected chi connectivity index (χ4v) is 6.33. The Bertz CT molecular complexity index is 1890. The van der Waals surface area contributed by atoms with Gasteiger partial charge in [-0.25, -0.2) is 9.59 Å². The van der Waals surface area contributed by atoms with Crippen molar-refractivity contribution >= 4 is 28.4 Å². The minimum atomic E-state index is -4.61. The summed E-state index contributed by atoms with van der Waals surface area (Å²) in [5.74, 6) is -3.16. The molecule has 3 aromatic rings. The molecule has 2 atom stereocenters. The molecule has 0 spiro atoms. The van der Waals surface area contributed by atoms with Crippen LogP contribution in [0, 0.1) is 0 Å². The minimum Gasteiger partial charge on any atom is -0.473 e. The van der Waals surface area contributed by atoms with Crippen molar-refractivity contribution in [3.8, 4) is 11.3 Å². The van der Waals surface area contributed by atoms with Gasteiger partial charge in [-0.1, -0.05) is 24.3 Å². The van der Waals surface area contributed by atoms with Gasteiger partial charge < -0.3 is 76.9 Å². The minimum absolute atomic E-state index is 0.00226. The van der Waals surface area contributed by atoms with Crippen LogP contribution in [0.2, 0.25) is 0 Å². The number of aliphatic hydroxyl groups excluding tert-OH is 1. The molecule has 2 aromatic carbocycles. The Morgan fingerprint density at radius 3 is 1.71 bits per heavy atom. The molecule has 1 fully saturated rings. The van der Waals surface area contributed by atoms with Gasteiger partial charge in [0.25, 0.3) is 5.56 Å². The van der Waals surface area contributed by atoms with Crippen LogP contribution >= 0.6 is 0 Å². The van der Waals surface area contributed by atoms with Gasteiger partial charge in [0, 0.05) is 35.3 Å². The Kier molecular flexibility index (Phi) is 26.0. The summed E-state index contributed by atoms with van der Waals surface area (Å²) in [5, 5.41) is 18.3. The van der Waals surface area contributed by atoms with Crippen molar-refractivity contribution in [3.63, 3.8) is 0 Å². The van der Waals surface area contributed by atoms with Crippen molar-refractivity contribution < 1.29 is 89.8 Å². The number of carbonyl (C=O) groups excluding carboxylic acids is 1. The lowest BCUT2D eigenvalue weighted by atomic mass is 10.0. The van der Waals surface area contributed by atoms with Gasteiger partial charge in [-0.05, 0) is 29.7 Å². The number of pyridine rings is 1. The number of aromatic amines is 1. The zero-order valence-corrected chi connectivity index (χ0v) is 36.8. The number of ether oxygens (including phenoxy) is 12. The molecule has 66 heavy (non-hydrogen) atoms. The molecule has 0 amide bonds. The smallest absolute Gasteiger partial charge is 0.417 e. The number of carboxylic acids is 1. The number of nitrogens with one attached hydrogen (secondary N) is 1. The quantitative estimate of drug-likeness (QED) is 0.0433. The monoisotopic (exact) mass is 946 g/mol. The number of aliphatic carboxylic acids is 1. The van der Waals surface area contributed by atoms with E-state index in [-0.39, 0.29) is 62.8 Å². The number of alkyl halides is 3. The van der Waals surface area contributed by atoms with Gasteiger partial charge in [0.05, 0.1) is 150 Å². The van der Waals surface area contributed by atoms with Crippen molar-refractivity contribution in [1.29, 1.82) is 0 Å². The molecular weight excluding hydrogens is 885 g/mol. The average molecular weight is 947 g/mol. The molecule has 0 radical (unpaired) electrons. The molecule has 1 unspecified atom stereocenters. The lowest BCUT2D eigenvalue weighted by Crippen LogP contribution is -2.31. The average Bonchev–Trinajstić information content (AvgIpc) is 3.78. The van der Waals surface area contributed by atoms with E-state index in [1.165, 1.54) is 24.3 Å². The number of hydrogen-bond donors (Lipinski definition) is 3. The fraction of sp³-hybridized carbons (Fsp3) is 0.614. The number of fused-ring (bicyclic) bond motifs is 1. The number of anilines is 1.